The van der Waals surface area contributed by atoms with E-state index in [-0.39, 0.29) is 24.2 Å². The summed E-state index contributed by atoms with van der Waals surface area (Å²) >= 11 is 1.69. The zero-order chi connectivity index (χ0) is 23.4. The minimum absolute atomic E-state index is 0.0501. The van der Waals surface area contributed by atoms with Gasteiger partial charge in [0.2, 0.25) is 17.8 Å². The number of benzene rings is 1. The molecule has 1 unspecified atom stereocenters. The first kappa shape index (κ1) is 22.9. The summed E-state index contributed by atoms with van der Waals surface area (Å²) in [4.78, 5) is 39.4. The number of rotatable bonds is 8. The summed E-state index contributed by atoms with van der Waals surface area (Å²) in [6, 6.07) is 13.7. The predicted molar refractivity (Wildman–Crippen MR) is 132 cm³/mol. The van der Waals surface area contributed by atoms with E-state index >= 15 is 0 Å². The number of nitrogens with zero attached hydrogens (tertiary/aromatic N) is 4. The van der Waals surface area contributed by atoms with E-state index in [1.165, 1.54) is 4.88 Å². The third kappa shape index (κ3) is 5.57. The molecule has 2 amide bonds. The van der Waals surface area contributed by atoms with Gasteiger partial charge in [-0.1, -0.05) is 6.07 Å². The Hall–Kier alpha value is -3.26. The number of amides is 2. The Labute approximate surface area is 198 Å². The van der Waals surface area contributed by atoms with Crippen LogP contribution in [0, 0.1) is 19.8 Å². The number of aryl methyl sites for hydroxylation is 2. The summed E-state index contributed by atoms with van der Waals surface area (Å²) < 4.78 is 0. The van der Waals surface area contributed by atoms with E-state index in [1.807, 2.05) is 60.5 Å². The number of nitrogens with one attached hydrogen (secondary N) is 1. The van der Waals surface area contributed by atoms with E-state index in [0.29, 0.717) is 24.7 Å². The fraction of sp³-hybridized carbons (Fsp3) is 0.360. The van der Waals surface area contributed by atoms with Crippen molar-refractivity contribution < 1.29 is 9.59 Å². The van der Waals surface area contributed by atoms with Gasteiger partial charge in [-0.2, -0.15) is 0 Å². The molecule has 4 rings (SSSR count). The Bertz CT molecular complexity index is 1090. The number of carbonyl (C=O) groups is 2. The van der Waals surface area contributed by atoms with Crippen molar-refractivity contribution in [3.8, 4) is 0 Å². The van der Waals surface area contributed by atoms with Gasteiger partial charge in [0.15, 0.2) is 0 Å². The first-order chi connectivity index (χ1) is 15.9. The SMILES string of the molecule is CCN(c1ccc(NC(=O)C2CC(=O)N(CCc3cccs3)C2)cc1)c1nc(C)cc(C)n1. The van der Waals surface area contributed by atoms with Crippen molar-refractivity contribution in [2.24, 2.45) is 5.92 Å². The lowest BCUT2D eigenvalue weighted by atomic mass is 10.1. The molecule has 1 aliphatic heterocycles. The molecular weight excluding hydrogens is 434 g/mol. The maximum atomic E-state index is 12.8. The largest absolute Gasteiger partial charge is 0.342 e. The van der Waals surface area contributed by atoms with Crippen LogP contribution in [0.15, 0.2) is 47.8 Å². The van der Waals surface area contributed by atoms with Crippen LogP contribution < -0.4 is 10.2 Å². The van der Waals surface area contributed by atoms with Gasteiger partial charge < -0.3 is 15.1 Å². The van der Waals surface area contributed by atoms with Crippen molar-refractivity contribution >= 4 is 40.5 Å². The van der Waals surface area contributed by atoms with Gasteiger partial charge in [-0.05, 0) is 69.0 Å². The van der Waals surface area contributed by atoms with Crippen LogP contribution in [0.5, 0.6) is 0 Å². The second-order valence-corrected chi connectivity index (χ2v) is 9.33. The molecular formula is C25H29N5O2S. The summed E-state index contributed by atoms with van der Waals surface area (Å²) in [7, 11) is 0. The Morgan fingerprint density at radius 2 is 1.91 bits per heavy atom. The number of thiophene rings is 1. The molecule has 1 aromatic carbocycles. The molecule has 0 aliphatic carbocycles. The predicted octanol–water partition coefficient (Wildman–Crippen LogP) is 4.34. The standard InChI is InChI=1S/C25H29N5O2S/c1-4-30(25-26-17(2)14-18(3)27-25)21-9-7-20(8-10-21)28-24(32)19-15-23(31)29(16-19)12-11-22-6-5-13-33-22/h5-10,13-14,19H,4,11-12,15-16H2,1-3H3,(H,28,32). The van der Waals surface area contributed by atoms with E-state index in [9.17, 15) is 9.59 Å². The van der Waals surface area contributed by atoms with Crippen LogP contribution in [0.1, 0.15) is 29.6 Å². The summed E-state index contributed by atoms with van der Waals surface area (Å²) in [6.45, 7) is 7.83. The summed E-state index contributed by atoms with van der Waals surface area (Å²) in [6.07, 6.45) is 1.10. The molecule has 1 saturated heterocycles. The monoisotopic (exact) mass is 463 g/mol. The molecule has 1 fully saturated rings. The van der Waals surface area contributed by atoms with E-state index in [0.717, 1.165) is 30.0 Å². The average molecular weight is 464 g/mol. The summed E-state index contributed by atoms with van der Waals surface area (Å²) in [5.74, 6) is 0.281. The molecule has 33 heavy (non-hydrogen) atoms. The Balaban J connectivity index is 1.36. The molecule has 1 N–H and O–H groups in total. The molecule has 3 aromatic rings. The van der Waals surface area contributed by atoms with Crippen molar-refractivity contribution in [1.29, 1.82) is 0 Å². The highest BCUT2D eigenvalue weighted by atomic mass is 32.1. The maximum Gasteiger partial charge on any atom is 0.230 e. The number of hydrogen-bond donors (Lipinski definition) is 1. The number of aromatic nitrogens is 2. The number of hydrogen-bond acceptors (Lipinski definition) is 6. The fourth-order valence-corrected chi connectivity index (χ4v) is 4.80. The Kier molecular flexibility index (Phi) is 7.03. The van der Waals surface area contributed by atoms with Crippen molar-refractivity contribution in [1.82, 2.24) is 14.9 Å². The van der Waals surface area contributed by atoms with Crippen LogP contribution in [0.2, 0.25) is 0 Å². The Morgan fingerprint density at radius 3 is 2.55 bits per heavy atom. The molecule has 3 heterocycles. The molecule has 7 nitrogen and oxygen atoms in total. The lowest BCUT2D eigenvalue weighted by Gasteiger charge is -2.22. The van der Waals surface area contributed by atoms with Gasteiger partial charge in [0.05, 0.1) is 5.92 Å². The van der Waals surface area contributed by atoms with Gasteiger partial charge in [0.25, 0.3) is 0 Å². The topological polar surface area (TPSA) is 78.4 Å². The van der Waals surface area contributed by atoms with Gasteiger partial charge in [-0.3, -0.25) is 9.59 Å². The van der Waals surface area contributed by atoms with Crippen molar-refractivity contribution in [2.45, 2.75) is 33.6 Å². The molecule has 0 radical (unpaired) electrons. The highest BCUT2D eigenvalue weighted by Gasteiger charge is 2.34. The second kappa shape index (κ2) is 10.1. The van der Waals surface area contributed by atoms with Crippen LogP contribution >= 0.6 is 11.3 Å². The number of carbonyl (C=O) groups excluding carboxylic acids is 2. The zero-order valence-corrected chi connectivity index (χ0v) is 20.1. The third-order valence-corrected chi connectivity index (χ3v) is 6.70. The molecule has 0 saturated carbocycles. The van der Waals surface area contributed by atoms with Gasteiger partial charge in [-0.25, -0.2) is 9.97 Å². The van der Waals surface area contributed by atoms with Crippen LogP contribution in [-0.4, -0.2) is 46.3 Å². The lowest BCUT2D eigenvalue weighted by Crippen LogP contribution is -2.29. The minimum atomic E-state index is -0.323. The maximum absolute atomic E-state index is 12.8. The highest BCUT2D eigenvalue weighted by Crippen LogP contribution is 2.25. The van der Waals surface area contributed by atoms with Crippen LogP contribution in [0.4, 0.5) is 17.3 Å². The quantitative estimate of drug-likeness (QED) is 0.538. The van der Waals surface area contributed by atoms with Crippen LogP contribution in [0.3, 0.4) is 0 Å². The van der Waals surface area contributed by atoms with Crippen LogP contribution in [0.25, 0.3) is 0 Å². The molecule has 1 aliphatic rings. The van der Waals surface area contributed by atoms with Gasteiger partial charge >= 0.3 is 0 Å². The lowest BCUT2D eigenvalue weighted by molar-refractivity contribution is -0.128. The van der Waals surface area contributed by atoms with E-state index in [4.69, 9.17) is 0 Å². The molecule has 8 heteroatoms. The van der Waals surface area contributed by atoms with Gasteiger partial charge in [-0.15, -0.1) is 11.3 Å². The minimum Gasteiger partial charge on any atom is -0.342 e. The summed E-state index contributed by atoms with van der Waals surface area (Å²) in [5.41, 5.74) is 3.52. The zero-order valence-electron chi connectivity index (χ0n) is 19.2. The first-order valence-corrected chi connectivity index (χ1v) is 12.1. The van der Waals surface area contributed by atoms with Crippen molar-refractivity contribution in [3.63, 3.8) is 0 Å². The number of likely N-dealkylation sites (tertiary alicyclic amines) is 1. The van der Waals surface area contributed by atoms with Crippen LogP contribution in [-0.2, 0) is 16.0 Å². The fourth-order valence-electron chi connectivity index (χ4n) is 4.10. The normalized spacial score (nSPS) is 15.7. The molecule has 0 spiro atoms. The summed E-state index contributed by atoms with van der Waals surface area (Å²) in [5, 5.41) is 5.01. The van der Waals surface area contributed by atoms with Gasteiger partial charge in [0, 0.05) is 53.7 Å². The van der Waals surface area contributed by atoms with Gasteiger partial charge in [0.1, 0.15) is 0 Å². The van der Waals surface area contributed by atoms with Crippen molar-refractivity contribution in [2.75, 3.05) is 29.9 Å². The van der Waals surface area contributed by atoms with E-state index < -0.39 is 0 Å². The second-order valence-electron chi connectivity index (χ2n) is 8.30. The number of anilines is 3. The van der Waals surface area contributed by atoms with Crippen molar-refractivity contribution in [3.05, 3.63) is 64.1 Å². The molecule has 172 valence electrons. The molecule has 1 atom stereocenters. The highest BCUT2D eigenvalue weighted by molar-refractivity contribution is 7.09. The third-order valence-electron chi connectivity index (χ3n) is 5.77. The first-order valence-electron chi connectivity index (χ1n) is 11.2. The smallest absolute Gasteiger partial charge is 0.230 e. The molecule has 2 aromatic heterocycles. The Morgan fingerprint density at radius 1 is 1.18 bits per heavy atom. The molecule has 0 bridgehead atoms. The average Bonchev–Trinajstić information content (AvgIpc) is 3.43. The van der Waals surface area contributed by atoms with E-state index in [2.05, 4.69) is 28.3 Å². The van der Waals surface area contributed by atoms with E-state index in [1.54, 1.807) is 16.2 Å².